The number of cyclic esters (lactones) is 1. The maximum Gasteiger partial charge on any atom is 0.389 e. The minimum absolute atomic E-state index is 0.0142. The highest BCUT2D eigenvalue weighted by Gasteiger charge is 2.35. The van der Waals surface area contributed by atoms with Crippen LogP contribution in [0.2, 0.25) is 0 Å². The summed E-state index contributed by atoms with van der Waals surface area (Å²) in [4.78, 5) is 29.6. The van der Waals surface area contributed by atoms with Crippen molar-refractivity contribution in [3.8, 4) is 11.5 Å². The fourth-order valence-corrected chi connectivity index (χ4v) is 4.33. The summed E-state index contributed by atoms with van der Waals surface area (Å²) in [6.07, 6.45) is -2.15. The number of ether oxygens (including phenoxy) is 3. The van der Waals surface area contributed by atoms with Gasteiger partial charge in [0.15, 0.2) is 17.2 Å². The molecular weight excluding hydrogens is 481 g/mol. The monoisotopic (exact) mass is 518 g/mol. The van der Waals surface area contributed by atoms with Crippen molar-refractivity contribution in [3.63, 3.8) is 0 Å². The number of aromatic hydroxyl groups is 1. The molecule has 1 fully saturated rings. The van der Waals surface area contributed by atoms with Gasteiger partial charge in [0.05, 0.1) is 13.2 Å². The SMILES string of the molecule is COc1ccnc(C(=O)NC2CCCC(CCC(C)C)C(OCCCC(F)(F)F)C(C)OC2=O)c1O. The van der Waals surface area contributed by atoms with Gasteiger partial charge in [-0.3, -0.25) is 4.79 Å². The van der Waals surface area contributed by atoms with Gasteiger partial charge in [0.1, 0.15) is 12.1 Å². The van der Waals surface area contributed by atoms with Crippen LogP contribution in [-0.4, -0.2) is 60.1 Å². The van der Waals surface area contributed by atoms with Crippen molar-refractivity contribution in [2.75, 3.05) is 13.7 Å². The zero-order chi connectivity index (χ0) is 26.9. The summed E-state index contributed by atoms with van der Waals surface area (Å²) in [5, 5.41) is 12.8. The number of carbonyl (C=O) groups excluding carboxylic acids is 2. The normalized spacial score (nSPS) is 23.4. The highest BCUT2D eigenvalue weighted by Crippen LogP contribution is 2.31. The summed E-state index contributed by atoms with van der Waals surface area (Å²) in [5.41, 5.74) is -0.282. The molecule has 0 radical (unpaired) electrons. The molecule has 1 saturated heterocycles. The lowest BCUT2D eigenvalue weighted by atomic mass is 9.86. The van der Waals surface area contributed by atoms with Crippen LogP contribution in [0, 0.1) is 11.8 Å². The Hall–Kier alpha value is -2.56. The molecule has 4 unspecified atom stereocenters. The molecule has 4 atom stereocenters. The molecule has 36 heavy (non-hydrogen) atoms. The van der Waals surface area contributed by atoms with Gasteiger partial charge in [-0.25, -0.2) is 9.78 Å². The highest BCUT2D eigenvalue weighted by molar-refractivity contribution is 5.97. The largest absolute Gasteiger partial charge is 0.503 e. The van der Waals surface area contributed by atoms with Crippen molar-refractivity contribution < 1.29 is 42.1 Å². The van der Waals surface area contributed by atoms with Crippen LogP contribution in [0.1, 0.15) is 76.2 Å². The minimum Gasteiger partial charge on any atom is -0.503 e. The third-order valence-corrected chi connectivity index (χ3v) is 6.24. The number of esters is 1. The van der Waals surface area contributed by atoms with E-state index in [1.807, 2.05) is 0 Å². The first-order valence-electron chi connectivity index (χ1n) is 12.3. The molecule has 8 nitrogen and oxygen atoms in total. The van der Waals surface area contributed by atoms with Crippen molar-refractivity contribution in [1.29, 1.82) is 0 Å². The second kappa shape index (κ2) is 13.7. The smallest absolute Gasteiger partial charge is 0.389 e. The van der Waals surface area contributed by atoms with Crippen LogP contribution in [0.15, 0.2) is 12.3 Å². The number of pyridine rings is 1. The van der Waals surface area contributed by atoms with Gasteiger partial charge in [-0.05, 0) is 44.4 Å². The second-order valence-corrected chi connectivity index (χ2v) is 9.59. The number of halogens is 3. The van der Waals surface area contributed by atoms with Gasteiger partial charge in [-0.15, -0.1) is 0 Å². The van der Waals surface area contributed by atoms with E-state index in [1.54, 1.807) is 6.92 Å². The van der Waals surface area contributed by atoms with Crippen molar-refractivity contribution >= 4 is 11.9 Å². The minimum atomic E-state index is -4.26. The fourth-order valence-electron chi connectivity index (χ4n) is 4.33. The van der Waals surface area contributed by atoms with E-state index in [-0.39, 0.29) is 30.4 Å². The number of hydrogen-bond acceptors (Lipinski definition) is 7. The number of rotatable bonds is 10. The number of carbonyl (C=O) groups is 2. The van der Waals surface area contributed by atoms with E-state index in [9.17, 15) is 27.9 Å². The molecule has 0 bridgehead atoms. The number of nitrogens with zero attached hydrogens (tertiary/aromatic N) is 1. The Morgan fingerprint density at radius 3 is 2.69 bits per heavy atom. The van der Waals surface area contributed by atoms with Gasteiger partial charge in [0, 0.05) is 25.3 Å². The molecule has 0 aromatic carbocycles. The van der Waals surface area contributed by atoms with Gasteiger partial charge < -0.3 is 24.6 Å². The summed E-state index contributed by atoms with van der Waals surface area (Å²) in [7, 11) is 1.34. The summed E-state index contributed by atoms with van der Waals surface area (Å²) in [5.74, 6) is -1.39. The molecule has 1 aromatic heterocycles. The number of aromatic nitrogens is 1. The Balaban J connectivity index is 2.13. The quantitative estimate of drug-likeness (QED) is 0.339. The Kier molecular flexibility index (Phi) is 11.3. The van der Waals surface area contributed by atoms with Crippen molar-refractivity contribution in [1.82, 2.24) is 10.3 Å². The standard InChI is InChI=1S/C25H37F3N2O6/c1-15(2)9-10-17-7-5-8-18(30-23(32)20-21(31)19(34-4)11-13-29-20)24(33)36-16(3)22(17)35-14-6-12-25(26,27)28/h11,13,15-18,22,31H,5-10,12,14H2,1-4H3,(H,30,32). The van der Waals surface area contributed by atoms with Crippen LogP contribution in [-0.2, 0) is 14.3 Å². The number of alkyl halides is 3. The Morgan fingerprint density at radius 2 is 2.06 bits per heavy atom. The maximum atomic E-state index is 12.9. The fraction of sp³-hybridized carbons (Fsp3) is 0.720. The van der Waals surface area contributed by atoms with E-state index in [1.165, 1.54) is 19.4 Å². The predicted molar refractivity (Wildman–Crippen MR) is 126 cm³/mol. The molecule has 204 valence electrons. The molecule has 1 aliphatic rings. The second-order valence-electron chi connectivity index (χ2n) is 9.59. The highest BCUT2D eigenvalue weighted by atomic mass is 19.4. The topological polar surface area (TPSA) is 107 Å². The zero-order valence-electron chi connectivity index (χ0n) is 21.3. The Morgan fingerprint density at radius 1 is 1.33 bits per heavy atom. The molecule has 0 aliphatic carbocycles. The van der Waals surface area contributed by atoms with Crippen LogP contribution >= 0.6 is 0 Å². The van der Waals surface area contributed by atoms with E-state index in [4.69, 9.17) is 14.2 Å². The van der Waals surface area contributed by atoms with Crippen LogP contribution < -0.4 is 10.1 Å². The molecule has 2 N–H and O–H groups in total. The molecule has 1 aliphatic heterocycles. The molecule has 0 spiro atoms. The number of amides is 1. The van der Waals surface area contributed by atoms with Crippen LogP contribution in [0.4, 0.5) is 13.2 Å². The molecular formula is C25H37F3N2O6. The summed E-state index contributed by atoms with van der Waals surface area (Å²) >= 11 is 0. The Bertz CT molecular complexity index is 865. The van der Waals surface area contributed by atoms with E-state index < -0.39 is 48.5 Å². The molecule has 1 amide bonds. The Labute approximate surface area is 209 Å². The first-order chi connectivity index (χ1) is 16.9. The lowest BCUT2D eigenvalue weighted by molar-refractivity contribution is -0.162. The lowest BCUT2D eigenvalue weighted by Gasteiger charge is -2.31. The van der Waals surface area contributed by atoms with Crippen LogP contribution in [0.3, 0.4) is 0 Å². The third kappa shape index (κ3) is 9.15. The lowest BCUT2D eigenvalue weighted by Crippen LogP contribution is -2.44. The van der Waals surface area contributed by atoms with E-state index in [0.717, 1.165) is 12.8 Å². The summed E-state index contributed by atoms with van der Waals surface area (Å²) in [6.45, 7) is 5.75. The number of hydrogen-bond donors (Lipinski definition) is 2. The average molecular weight is 519 g/mol. The van der Waals surface area contributed by atoms with Crippen LogP contribution in [0.5, 0.6) is 11.5 Å². The summed E-state index contributed by atoms with van der Waals surface area (Å²) < 4.78 is 54.2. The first-order valence-corrected chi connectivity index (χ1v) is 12.3. The van der Waals surface area contributed by atoms with Gasteiger partial charge in [-0.2, -0.15) is 13.2 Å². The van der Waals surface area contributed by atoms with Gasteiger partial charge in [-0.1, -0.05) is 26.7 Å². The number of methoxy groups -OCH3 is 1. The van der Waals surface area contributed by atoms with Gasteiger partial charge in [0.25, 0.3) is 5.91 Å². The predicted octanol–water partition coefficient (Wildman–Crippen LogP) is 4.79. The molecule has 1 aromatic rings. The van der Waals surface area contributed by atoms with E-state index in [0.29, 0.717) is 25.2 Å². The maximum absolute atomic E-state index is 12.9. The van der Waals surface area contributed by atoms with Crippen molar-refractivity contribution in [3.05, 3.63) is 18.0 Å². The van der Waals surface area contributed by atoms with Crippen LogP contribution in [0.25, 0.3) is 0 Å². The number of nitrogens with one attached hydrogen (secondary N) is 1. The molecule has 2 rings (SSSR count). The van der Waals surface area contributed by atoms with Crippen molar-refractivity contribution in [2.24, 2.45) is 11.8 Å². The third-order valence-electron chi connectivity index (χ3n) is 6.24. The van der Waals surface area contributed by atoms with E-state index in [2.05, 4.69) is 24.1 Å². The van der Waals surface area contributed by atoms with E-state index >= 15 is 0 Å². The van der Waals surface area contributed by atoms with Gasteiger partial charge in [0.2, 0.25) is 0 Å². The molecule has 11 heteroatoms. The average Bonchev–Trinajstić information content (AvgIpc) is 2.84. The molecule has 2 heterocycles. The first kappa shape index (κ1) is 29.7. The molecule has 0 saturated carbocycles. The van der Waals surface area contributed by atoms with Gasteiger partial charge >= 0.3 is 12.1 Å². The van der Waals surface area contributed by atoms with Crippen molar-refractivity contribution in [2.45, 2.75) is 90.1 Å². The summed E-state index contributed by atoms with van der Waals surface area (Å²) in [6, 6.07) is 0.413. The zero-order valence-corrected chi connectivity index (χ0v) is 21.3.